The molecule has 3 aromatic rings. The van der Waals surface area contributed by atoms with Crippen LogP contribution in [0.15, 0.2) is 42.7 Å². The van der Waals surface area contributed by atoms with Crippen LogP contribution in [0.25, 0.3) is 0 Å². The summed E-state index contributed by atoms with van der Waals surface area (Å²) < 4.78 is 7.45. The molecule has 1 aliphatic rings. The molecule has 0 aliphatic carbocycles. The third-order valence-electron chi connectivity index (χ3n) is 6.08. The summed E-state index contributed by atoms with van der Waals surface area (Å²) in [7, 11) is 1.62. The minimum atomic E-state index is -0.247. The number of ether oxygens (including phenoxy) is 1. The molecule has 0 saturated carbocycles. The van der Waals surface area contributed by atoms with Gasteiger partial charge in [-0.3, -0.25) is 14.7 Å². The van der Waals surface area contributed by atoms with Crippen LogP contribution in [0.3, 0.4) is 0 Å². The minimum Gasteiger partial charge on any atom is -0.508 e. The number of aromatic hydroxyl groups is 1. The van der Waals surface area contributed by atoms with Gasteiger partial charge >= 0.3 is 0 Å². The maximum absolute atomic E-state index is 12.9. The number of methoxy groups -OCH3 is 1. The van der Waals surface area contributed by atoms with Crippen molar-refractivity contribution in [2.24, 2.45) is 5.92 Å². The fourth-order valence-electron chi connectivity index (χ4n) is 4.30. The molecule has 3 heterocycles. The SMILES string of the molecule is COc1ccc(O)c(CN2CCc3nnc(C(CC(C)C)NC(=O)c4cccnc4)n3CC2)c1. The van der Waals surface area contributed by atoms with Crippen LogP contribution in [0, 0.1) is 5.92 Å². The number of pyridine rings is 1. The number of carbonyl (C=O) groups is 1. The van der Waals surface area contributed by atoms with E-state index in [1.807, 2.05) is 6.07 Å². The number of phenolic OH excluding ortho intramolecular Hbond substituents is 1. The van der Waals surface area contributed by atoms with Gasteiger partial charge in [-0.1, -0.05) is 13.8 Å². The maximum Gasteiger partial charge on any atom is 0.253 e. The van der Waals surface area contributed by atoms with Crippen molar-refractivity contribution < 1.29 is 14.6 Å². The molecule has 1 aromatic carbocycles. The summed E-state index contributed by atoms with van der Waals surface area (Å²) in [6.45, 7) is 7.16. The topological polar surface area (TPSA) is 105 Å². The Morgan fingerprint density at radius 1 is 1.21 bits per heavy atom. The molecule has 0 bridgehead atoms. The van der Waals surface area contributed by atoms with Crippen molar-refractivity contribution in [2.45, 2.75) is 45.8 Å². The van der Waals surface area contributed by atoms with E-state index in [9.17, 15) is 9.90 Å². The molecule has 9 heteroatoms. The number of aromatic nitrogens is 4. The molecule has 9 nitrogen and oxygen atoms in total. The lowest BCUT2D eigenvalue weighted by molar-refractivity contribution is 0.0928. The number of fused-ring (bicyclic) bond motifs is 1. The number of amides is 1. The van der Waals surface area contributed by atoms with Gasteiger partial charge in [-0.15, -0.1) is 10.2 Å². The molecule has 180 valence electrons. The first-order chi connectivity index (χ1) is 16.4. The van der Waals surface area contributed by atoms with Gasteiger partial charge in [-0.05, 0) is 42.7 Å². The highest BCUT2D eigenvalue weighted by Crippen LogP contribution is 2.26. The number of rotatable bonds is 8. The zero-order valence-corrected chi connectivity index (χ0v) is 19.9. The fraction of sp³-hybridized carbons (Fsp3) is 0.440. The van der Waals surface area contributed by atoms with Gasteiger partial charge < -0.3 is 19.7 Å². The lowest BCUT2D eigenvalue weighted by Gasteiger charge is -2.22. The fourth-order valence-corrected chi connectivity index (χ4v) is 4.30. The smallest absolute Gasteiger partial charge is 0.253 e. The van der Waals surface area contributed by atoms with Gasteiger partial charge in [-0.25, -0.2) is 0 Å². The molecule has 0 radical (unpaired) electrons. The molecule has 1 unspecified atom stereocenters. The Morgan fingerprint density at radius 3 is 2.79 bits per heavy atom. The van der Waals surface area contributed by atoms with Crippen LogP contribution in [0.4, 0.5) is 0 Å². The highest BCUT2D eigenvalue weighted by atomic mass is 16.5. The number of nitrogens with one attached hydrogen (secondary N) is 1. The average molecular weight is 465 g/mol. The monoisotopic (exact) mass is 464 g/mol. The molecule has 1 atom stereocenters. The Kier molecular flexibility index (Phi) is 7.42. The van der Waals surface area contributed by atoms with E-state index in [1.54, 1.807) is 43.8 Å². The van der Waals surface area contributed by atoms with Crippen LogP contribution in [0.1, 0.15) is 53.9 Å². The number of phenols is 1. The van der Waals surface area contributed by atoms with E-state index in [2.05, 4.69) is 43.8 Å². The second kappa shape index (κ2) is 10.6. The van der Waals surface area contributed by atoms with E-state index < -0.39 is 0 Å². The predicted octanol–water partition coefficient (Wildman–Crippen LogP) is 2.96. The van der Waals surface area contributed by atoms with Crippen molar-refractivity contribution >= 4 is 5.91 Å². The Labute approximate surface area is 199 Å². The molecule has 4 rings (SSSR count). The van der Waals surface area contributed by atoms with Crippen LogP contribution in [-0.2, 0) is 19.5 Å². The first-order valence-electron chi connectivity index (χ1n) is 11.7. The molecule has 0 fully saturated rings. The average Bonchev–Trinajstić information content (AvgIpc) is 3.14. The summed E-state index contributed by atoms with van der Waals surface area (Å²) in [6, 6.07) is 8.56. The second-order valence-corrected chi connectivity index (χ2v) is 9.04. The lowest BCUT2D eigenvalue weighted by Crippen LogP contribution is -2.32. The number of hydrogen-bond donors (Lipinski definition) is 2. The third-order valence-corrected chi connectivity index (χ3v) is 6.08. The van der Waals surface area contributed by atoms with Gasteiger partial charge in [0.25, 0.3) is 5.91 Å². The van der Waals surface area contributed by atoms with Gasteiger partial charge in [0, 0.05) is 50.6 Å². The standard InChI is InChI=1S/C25H32N6O3/c1-17(2)13-21(27-25(33)18-5-4-9-26-15-18)24-29-28-23-8-10-30(11-12-31(23)24)16-19-14-20(34-3)6-7-22(19)32/h4-7,9,14-15,17,21,32H,8,10-13,16H2,1-3H3,(H,27,33). The van der Waals surface area contributed by atoms with Crippen molar-refractivity contribution in [3.63, 3.8) is 0 Å². The molecule has 0 saturated heterocycles. The summed E-state index contributed by atoms with van der Waals surface area (Å²) in [5, 5.41) is 22.4. The van der Waals surface area contributed by atoms with Crippen LogP contribution in [0.2, 0.25) is 0 Å². The van der Waals surface area contributed by atoms with Crippen LogP contribution < -0.4 is 10.1 Å². The molecule has 0 spiro atoms. The van der Waals surface area contributed by atoms with E-state index in [-0.39, 0.29) is 17.7 Å². The van der Waals surface area contributed by atoms with Crippen molar-refractivity contribution in [3.8, 4) is 11.5 Å². The quantitative estimate of drug-likeness (QED) is 0.528. The van der Waals surface area contributed by atoms with Gasteiger partial charge in [0.1, 0.15) is 17.3 Å². The number of nitrogens with zero attached hydrogens (tertiary/aromatic N) is 5. The highest BCUT2D eigenvalue weighted by Gasteiger charge is 2.26. The van der Waals surface area contributed by atoms with Gasteiger partial charge in [0.2, 0.25) is 0 Å². The van der Waals surface area contributed by atoms with Crippen molar-refractivity contribution in [3.05, 3.63) is 65.5 Å². The number of hydrogen-bond acceptors (Lipinski definition) is 7. The molecule has 1 aliphatic heterocycles. The molecule has 2 aromatic heterocycles. The highest BCUT2D eigenvalue weighted by molar-refractivity contribution is 5.94. The number of benzene rings is 1. The van der Waals surface area contributed by atoms with Crippen molar-refractivity contribution in [1.82, 2.24) is 30.0 Å². The maximum atomic E-state index is 12.9. The van der Waals surface area contributed by atoms with Crippen LogP contribution >= 0.6 is 0 Å². The van der Waals surface area contributed by atoms with Crippen LogP contribution in [0.5, 0.6) is 11.5 Å². The summed E-state index contributed by atoms with van der Waals surface area (Å²) in [5.74, 6) is 2.89. The number of carbonyl (C=O) groups excluding carboxylic acids is 1. The predicted molar refractivity (Wildman–Crippen MR) is 128 cm³/mol. The summed E-state index contributed by atoms with van der Waals surface area (Å²) >= 11 is 0. The van der Waals surface area contributed by atoms with Gasteiger partial charge in [0.15, 0.2) is 5.82 Å². The zero-order chi connectivity index (χ0) is 24.1. The van der Waals surface area contributed by atoms with E-state index in [4.69, 9.17) is 4.74 Å². The zero-order valence-electron chi connectivity index (χ0n) is 19.9. The van der Waals surface area contributed by atoms with E-state index in [0.717, 1.165) is 48.9 Å². The van der Waals surface area contributed by atoms with Crippen molar-refractivity contribution in [1.29, 1.82) is 0 Å². The van der Waals surface area contributed by atoms with E-state index >= 15 is 0 Å². The first-order valence-corrected chi connectivity index (χ1v) is 11.7. The Balaban J connectivity index is 1.50. The van der Waals surface area contributed by atoms with Gasteiger partial charge in [0.05, 0.1) is 18.7 Å². The Morgan fingerprint density at radius 2 is 2.06 bits per heavy atom. The lowest BCUT2D eigenvalue weighted by atomic mass is 10.0. The summed E-state index contributed by atoms with van der Waals surface area (Å²) in [5.41, 5.74) is 1.36. The normalized spacial score (nSPS) is 14.9. The Hall–Kier alpha value is -3.46. The first kappa shape index (κ1) is 23.7. The molecule has 1 amide bonds. The molecular weight excluding hydrogens is 432 g/mol. The molecular formula is C25H32N6O3. The summed E-state index contributed by atoms with van der Waals surface area (Å²) in [6.07, 6.45) is 4.71. The van der Waals surface area contributed by atoms with Crippen molar-refractivity contribution in [2.75, 3.05) is 20.2 Å². The van der Waals surface area contributed by atoms with Crippen LogP contribution in [-0.4, -0.2) is 55.9 Å². The molecule has 2 N–H and O–H groups in total. The van der Waals surface area contributed by atoms with Gasteiger partial charge in [-0.2, -0.15) is 0 Å². The largest absolute Gasteiger partial charge is 0.508 e. The van der Waals surface area contributed by atoms with E-state index in [1.165, 1.54) is 0 Å². The van der Waals surface area contributed by atoms with E-state index in [0.29, 0.717) is 24.6 Å². The minimum absolute atomic E-state index is 0.167. The molecule has 34 heavy (non-hydrogen) atoms. The third kappa shape index (κ3) is 5.53. The summed E-state index contributed by atoms with van der Waals surface area (Å²) in [4.78, 5) is 19.2. The second-order valence-electron chi connectivity index (χ2n) is 9.04. The Bertz CT molecular complexity index is 1120.